The number of carbonyl (C=O) groups is 1. The van der Waals surface area contributed by atoms with Crippen LogP contribution in [0, 0.1) is 0 Å². The number of ether oxygens (including phenoxy) is 1. The molecule has 96 valence electrons. The number of carbonyl (C=O) groups excluding carboxylic acids is 1. The third kappa shape index (κ3) is 2.43. The molecule has 0 radical (unpaired) electrons. The minimum absolute atomic E-state index is 0.149. The van der Waals surface area contributed by atoms with E-state index in [1.807, 2.05) is 29.1 Å². The lowest BCUT2D eigenvalue weighted by Gasteiger charge is -2.08. The molecule has 0 saturated heterocycles. The van der Waals surface area contributed by atoms with Crippen molar-refractivity contribution in [2.24, 2.45) is 7.05 Å². The van der Waals surface area contributed by atoms with Gasteiger partial charge in [-0.1, -0.05) is 0 Å². The molecule has 0 saturated carbocycles. The molecule has 0 spiro atoms. The van der Waals surface area contributed by atoms with Crippen molar-refractivity contribution in [3.05, 3.63) is 36.3 Å². The maximum absolute atomic E-state index is 12.0. The van der Waals surface area contributed by atoms with Gasteiger partial charge in [-0.2, -0.15) is 5.10 Å². The van der Waals surface area contributed by atoms with Crippen molar-refractivity contribution in [2.45, 2.75) is 0 Å². The summed E-state index contributed by atoms with van der Waals surface area (Å²) in [6, 6.07) is 3.80. The second kappa shape index (κ2) is 5.50. The molecule has 6 heteroatoms. The molecule has 0 unspecified atom stereocenters. The number of nitrogens with one attached hydrogen (secondary N) is 1. The van der Waals surface area contributed by atoms with Gasteiger partial charge in [0.2, 0.25) is 0 Å². The zero-order valence-electron chi connectivity index (χ0n) is 10.5. The zero-order valence-corrected chi connectivity index (χ0v) is 10.5. The molecular weight excluding hydrogens is 232 g/mol. The molecule has 0 aromatic carbocycles. The summed E-state index contributed by atoms with van der Waals surface area (Å²) in [5.74, 6) is 0.596. The average molecular weight is 248 g/mol. The summed E-state index contributed by atoms with van der Waals surface area (Å²) in [5, 5.41) is 6.91. The summed E-state index contributed by atoms with van der Waals surface area (Å²) >= 11 is 0. The van der Waals surface area contributed by atoms with Gasteiger partial charge >= 0.3 is 0 Å². The van der Waals surface area contributed by atoms with Crippen LogP contribution in [-0.2, 0) is 11.8 Å². The lowest BCUT2D eigenvalue weighted by Crippen LogP contribution is -2.27. The third-order valence-corrected chi connectivity index (χ3v) is 2.59. The number of aryl methyl sites for hydroxylation is 1. The Bertz CT molecular complexity index is 516. The van der Waals surface area contributed by atoms with E-state index in [0.717, 1.165) is 5.82 Å². The van der Waals surface area contributed by atoms with Gasteiger partial charge in [0.05, 0.1) is 12.8 Å². The summed E-state index contributed by atoms with van der Waals surface area (Å²) in [6.07, 6.45) is 5.32. The molecule has 0 bridgehead atoms. The highest BCUT2D eigenvalue weighted by Gasteiger charge is 2.16. The Morgan fingerprint density at radius 1 is 1.44 bits per heavy atom. The Morgan fingerprint density at radius 2 is 2.17 bits per heavy atom. The molecule has 2 aromatic rings. The predicted molar refractivity (Wildman–Crippen MR) is 66.7 cm³/mol. The van der Waals surface area contributed by atoms with E-state index in [9.17, 15) is 4.79 Å². The molecule has 2 rings (SSSR count). The van der Waals surface area contributed by atoms with E-state index < -0.39 is 0 Å². The van der Waals surface area contributed by atoms with Gasteiger partial charge in [-0.3, -0.25) is 9.48 Å². The first-order chi connectivity index (χ1) is 8.74. The maximum atomic E-state index is 12.0. The molecule has 1 N–H and O–H groups in total. The monoisotopic (exact) mass is 248 g/mol. The molecule has 0 aliphatic rings. The fourth-order valence-corrected chi connectivity index (χ4v) is 1.74. The molecule has 6 nitrogen and oxygen atoms in total. The average Bonchev–Trinajstić information content (AvgIpc) is 2.97. The summed E-state index contributed by atoms with van der Waals surface area (Å²) < 4.78 is 8.43. The van der Waals surface area contributed by atoms with Crippen LogP contribution in [0.5, 0.6) is 0 Å². The molecule has 2 aromatic heterocycles. The van der Waals surface area contributed by atoms with Crippen molar-refractivity contribution in [1.29, 1.82) is 0 Å². The zero-order chi connectivity index (χ0) is 13.0. The Hall–Kier alpha value is -2.08. The summed E-state index contributed by atoms with van der Waals surface area (Å²) in [6.45, 7) is 0.972. The summed E-state index contributed by atoms with van der Waals surface area (Å²) in [4.78, 5) is 12.0. The molecule has 0 aliphatic carbocycles. The van der Waals surface area contributed by atoms with Gasteiger partial charge in [-0.25, -0.2) is 0 Å². The Kier molecular flexibility index (Phi) is 3.78. The van der Waals surface area contributed by atoms with Gasteiger partial charge < -0.3 is 14.6 Å². The van der Waals surface area contributed by atoms with Crippen molar-refractivity contribution in [2.75, 3.05) is 20.3 Å². The van der Waals surface area contributed by atoms with Crippen molar-refractivity contribution >= 4 is 5.91 Å². The molecule has 1 amide bonds. The van der Waals surface area contributed by atoms with Gasteiger partial charge in [-0.05, 0) is 12.1 Å². The second-order valence-electron chi connectivity index (χ2n) is 3.84. The number of methoxy groups -OCH3 is 1. The van der Waals surface area contributed by atoms with Crippen molar-refractivity contribution in [3.8, 4) is 5.82 Å². The third-order valence-electron chi connectivity index (χ3n) is 2.59. The number of rotatable bonds is 5. The smallest absolute Gasteiger partial charge is 0.256 e. The topological polar surface area (TPSA) is 61.1 Å². The van der Waals surface area contributed by atoms with Crippen LogP contribution >= 0.6 is 0 Å². The first kappa shape index (κ1) is 12.4. The van der Waals surface area contributed by atoms with Crippen LogP contribution in [0.4, 0.5) is 0 Å². The molecule has 0 aliphatic heterocycles. The van der Waals surface area contributed by atoms with E-state index in [4.69, 9.17) is 4.74 Å². The summed E-state index contributed by atoms with van der Waals surface area (Å²) in [7, 11) is 3.41. The Morgan fingerprint density at radius 3 is 2.83 bits per heavy atom. The lowest BCUT2D eigenvalue weighted by molar-refractivity contribution is 0.0937. The first-order valence-corrected chi connectivity index (χ1v) is 5.66. The van der Waals surface area contributed by atoms with Gasteiger partial charge in [0.25, 0.3) is 5.91 Å². The fourth-order valence-electron chi connectivity index (χ4n) is 1.74. The molecular formula is C12H16N4O2. The minimum Gasteiger partial charge on any atom is -0.383 e. The molecule has 0 fully saturated rings. The van der Waals surface area contributed by atoms with Gasteiger partial charge in [0, 0.05) is 33.1 Å². The van der Waals surface area contributed by atoms with E-state index in [1.165, 1.54) is 0 Å². The van der Waals surface area contributed by atoms with Crippen LogP contribution in [0.1, 0.15) is 10.4 Å². The first-order valence-electron chi connectivity index (χ1n) is 5.66. The highest BCUT2D eigenvalue weighted by atomic mass is 16.5. The number of hydrogen-bond acceptors (Lipinski definition) is 3. The van der Waals surface area contributed by atoms with Crippen LogP contribution < -0.4 is 5.32 Å². The normalized spacial score (nSPS) is 10.6. The minimum atomic E-state index is -0.149. The number of amides is 1. The van der Waals surface area contributed by atoms with E-state index in [0.29, 0.717) is 18.7 Å². The standard InChI is InChI=1S/C12H16N4O2/c1-15-12(16-6-3-4-7-16)10(9-14-15)11(17)13-5-8-18-2/h3-4,6-7,9H,5,8H2,1-2H3,(H,13,17). The highest BCUT2D eigenvalue weighted by Crippen LogP contribution is 2.13. The second-order valence-corrected chi connectivity index (χ2v) is 3.84. The Labute approximate surface area is 105 Å². The summed E-state index contributed by atoms with van der Waals surface area (Å²) in [5.41, 5.74) is 0.546. The van der Waals surface area contributed by atoms with Crippen LogP contribution in [-0.4, -0.2) is 40.5 Å². The number of hydrogen-bond donors (Lipinski definition) is 1. The quantitative estimate of drug-likeness (QED) is 0.788. The van der Waals surface area contributed by atoms with Gasteiger partial charge in [-0.15, -0.1) is 0 Å². The van der Waals surface area contributed by atoms with Crippen LogP contribution in [0.15, 0.2) is 30.7 Å². The van der Waals surface area contributed by atoms with Crippen LogP contribution in [0.2, 0.25) is 0 Å². The van der Waals surface area contributed by atoms with Crippen molar-refractivity contribution < 1.29 is 9.53 Å². The predicted octanol–water partition coefficient (Wildman–Crippen LogP) is 0.587. The molecule has 0 atom stereocenters. The number of aromatic nitrogens is 3. The van der Waals surface area contributed by atoms with Crippen molar-refractivity contribution in [1.82, 2.24) is 19.7 Å². The van der Waals surface area contributed by atoms with E-state index in [1.54, 1.807) is 25.0 Å². The largest absolute Gasteiger partial charge is 0.383 e. The molecule has 2 heterocycles. The van der Waals surface area contributed by atoms with Crippen molar-refractivity contribution in [3.63, 3.8) is 0 Å². The Balaban J connectivity index is 2.21. The maximum Gasteiger partial charge on any atom is 0.256 e. The van der Waals surface area contributed by atoms with Gasteiger partial charge in [0.15, 0.2) is 0 Å². The van der Waals surface area contributed by atoms with E-state index >= 15 is 0 Å². The lowest BCUT2D eigenvalue weighted by atomic mass is 10.3. The molecule has 18 heavy (non-hydrogen) atoms. The fraction of sp³-hybridized carbons (Fsp3) is 0.333. The van der Waals surface area contributed by atoms with Crippen LogP contribution in [0.25, 0.3) is 5.82 Å². The van der Waals surface area contributed by atoms with Gasteiger partial charge in [0.1, 0.15) is 11.4 Å². The number of nitrogens with zero attached hydrogens (tertiary/aromatic N) is 3. The SMILES string of the molecule is COCCNC(=O)c1cnn(C)c1-n1cccc1. The van der Waals surface area contributed by atoms with Crippen LogP contribution in [0.3, 0.4) is 0 Å². The van der Waals surface area contributed by atoms with E-state index in [-0.39, 0.29) is 5.91 Å². The highest BCUT2D eigenvalue weighted by molar-refractivity contribution is 5.97. The van der Waals surface area contributed by atoms with E-state index in [2.05, 4.69) is 10.4 Å².